The predicted octanol–water partition coefficient (Wildman–Crippen LogP) is 5.73. The van der Waals surface area contributed by atoms with Crippen LogP contribution in [0, 0.1) is 6.92 Å². The third kappa shape index (κ3) is 3.76. The fourth-order valence-corrected chi connectivity index (χ4v) is 4.50. The lowest BCUT2D eigenvalue weighted by atomic mass is 9.76. The molecular weight excluding hydrogens is 360 g/mol. The largest absolute Gasteiger partial charge is 0.444 e. The van der Waals surface area contributed by atoms with Crippen molar-refractivity contribution in [3.05, 3.63) is 71.3 Å². The number of hydrogen-bond acceptors (Lipinski definition) is 3. The Morgan fingerprint density at radius 3 is 2.66 bits per heavy atom. The molecule has 2 atom stereocenters. The van der Waals surface area contributed by atoms with Crippen LogP contribution in [0.1, 0.15) is 50.3 Å². The molecule has 2 aromatic rings. The first-order valence-corrected chi connectivity index (χ1v) is 10.4. The molecule has 152 valence electrons. The van der Waals surface area contributed by atoms with Gasteiger partial charge < -0.3 is 10.1 Å². The number of aryl methyl sites for hydroxylation is 1. The highest BCUT2D eigenvalue weighted by Crippen LogP contribution is 2.51. The van der Waals surface area contributed by atoms with E-state index in [9.17, 15) is 4.79 Å². The van der Waals surface area contributed by atoms with Gasteiger partial charge in [0.2, 0.25) is 0 Å². The number of allylic oxidation sites excluding steroid dienone is 1. The summed E-state index contributed by atoms with van der Waals surface area (Å²) in [5, 5.41) is 3.60. The summed E-state index contributed by atoms with van der Waals surface area (Å²) in [6, 6.07) is 17.0. The molecule has 2 aromatic carbocycles. The zero-order valence-electron chi connectivity index (χ0n) is 17.7. The lowest BCUT2D eigenvalue weighted by Crippen LogP contribution is -2.47. The third-order valence-corrected chi connectivity index (χ3v) is 5.89. The highest BCUT2D eigenvalue weighted by Gasteiger charge is 2.55. The molecule has 0 saturated carbocycles. The summed E-state index contributed by atoms with van der Waals surface area (Å²) >= 11 is 0. The molecule has 1 N–H and O–H groups in total. The lowest BCUT2D eigenvalue weighted by Gasteiger charge is -2.33. The Hall–Kier alpha value is -2.75. The van der Waals surface area contributed by atoms with E-state index in [0.29, 0.717) is 6.54 Å². The van der Waals surface area contributed by atoms with Crippen LogP contribution in [0.4, 0.5) is 10.5 Å². The number of carbonyl (C=O) groups is 1. The molecule has 29 heavy (non-hydrogen) atoms. The lowest BCUT2D eigenvalue weighted by molar-refractivity contribution is 0.0226. The summed E-state index contributed by atoms with van der Waals surface area (Å²) in [5.41, 5.74) is 4.25. The molecule has 4 nitrogen and oxygen atoms in total. The second-order valence-electron chi connectivity index (χ2n) is 9.19. The van der Waals surface area contributed by atoms with Crippen molar-refractivity contribution in [2.75, 3.05) is 11.9 Å². The van der Waals surface area contributed by atoms with Gasteiger partial charge in [0.25, 0.3) is 0 Å². The Balaban J connectivity index is 1.61. The molecule has 0 bridgehead atoms. The Morgan fingerprint density at radius 2 is 1.93 bits per heavy atom. The van der Waals surface area contributed by atoms with Crippen LogP contribution in [-0.2, 0) is 10.2 Å². The summed E-state index contributed by atoms with van der Waals surface area (Å²) in [7, 11) is 0. The Kier molecular flexibility index (Phi) is 4.89. The van der Waals surface area contributed by atoms with Gasteiger partial charge in [0, 0.05) is 17.6 Å². The smallest absolute Gasteiger partial charge is 0.411 e. The van der Waals surface area contributed by atoms with E-state index in [4.69, 9.17) is 4.74 Å². The van der Waals surface area contributed by atoms with E-state index in [0.717, 1.165) is 18.5 Å². The molecule has 0 aliphatic carbocycles. The molecule has 0 unspecified atom stereocenters. The first kappa shape index (κ1) is 19.6. The van der Waals surface area contributed by atoms with Crippen molar-refractivity contribution >= 4 is 17.9 Å². The molecular formula is C25H30N2O2. The van der Waals surface area contributed by atoms with Gasteiger partial charge in [-0.25, -0.2) is 4.79 Å². The zero-order valence-corrected chi connectivity index (χ0v) is 17.7. The summed E-state index contributed by atoms with van der Waals surface area (Å²) < 4.78 is 5.69. The van der Waals surface area contributed by atoms with Crippen LogP contribution in [-0.4, -0.2) is 29.3 Å². The van der Waals surface area contributed by atoms with Gasteiger partial charge in [-0.1, -0.05) is 60.2 Å². The predicted molar refractivity (Wildman–Crippen MR) is 118 cm³/mol. The Morgan fingerprint density at radius 1 is 1.21 bits per heavy atom. The summed E-state index contributed by atoms with van der Waals surface area (Å²) in [6.07, 6.45) is 5.89. The minimum atomic E-state index is -0.501. The number of rotatable bonds is 3. The van der Waals surface area contributed by atoms with Gasteiger partial charge >= 0.3 is 6.09 Å². The minimum Gasteiger partial charge on any atom is -0.444 e. The van der Waals surface area contributed by atoms with Gasteiger partial charge in [-0.15, -0.1) is 0 Å². The quantitative estimate of drug-likeness (QED) is 0.728. The van der Waals surface area contributed by atoms with E-state index >= 15 is 0 Å². The molecule has 2 aliphatic heterocycles. The van der Waals surface area contributed by atoms with Crippen LogP contribution in [0.3, 0.4) is 0 Å². The SMILES string of the molecule is Cc1ccc(/C=C/C[C@@]23CCN(C(=O)OC(C)(C)C)[C@@H]2Nc2ccccc23)cc1. The molecule has 1 fully saturated rings. The van der Waals surface area contributed by atoms with E-state index < -0.39 is 5.60 Å². The van der Waals surface area contributed by atoms with E-state index in [-0.39, 0.29) is 17.7 Å². The van der Waals surface area contributed by atoms with Gasteiger partial charge in [-0.2, -0.15) is 0 Å². The molecule has 0 spiro atoms. The van der Waals surface area contributed by atoms with E-state index in [1.807, 2.05) is 31.7 Å². The molecule has 0 radical (unpaired) electrons. The average molecular weight is 391 g/mol. The molecule has 1 amide bonds. The summed E-state index contributed by atoms with van der Waals surface area (Å²) in [6.45, 7) is 8.53. The molecule has 2 heterocycles. The number of para-hydroxylation sites is 1. The van der Waals surface area contributed by atoms with Gasteiger partial charge in [-0.3, -0.25) is 4.90 Å². The van der Waals surface area contributed by atoms with Gasteiger partial charge in [-0.05, 0) is 57.7 Å². The fourth-order valence-electron chi connectivity index (χ4n) is 4.50. The summed E-state index contributed by atoms with van der Waals surface area (Å²) in [5.74, 6) is 0. The van der Waals surface area contributed by atoms with Crippen LogP contribution in [0.15, 0.2) is 54.6 Å². The highest BCUT2D eigenvalue weighted by molar-refractivity contribution is 5.73. The van der Waals surface area contributed by atoms with Crippen molar-refractivity contribution in [3.63, 3.8) is 0 Å². The molecule has 1 saturated heterocycles. The number of ether oxygens (including phenoxy) is 1. The Bertz CT molecular complexity index is 927. The number of amides is 1. The first-order chi connectivity index (χ1) is 13.8. The van der Waals surface area contributed by atoms with Crippen molar-refractivity contribution in [2.24, 2.45) is 0 Å². The van der Waals surface area contributed by atoms with Crippen LogP contribution in [0.25, 0.3) is 6.08 Å². The average Bonchev–Trinajstić information content (AvgIpc) is 3.16. The van der Waals surface area contributed by atoms with E-state index in [1.165, 1.54) is 16.7 Å². The maximum atomic E-state index is 12.9. The van der Waals surface area contributed by atoms with Crippen molar-refractivity contribution in [1.82, 2.24) is 4.90 Å². The maximum Gasteiger partial charge on any atom is 0.411 e. The van der Waals surface area contributed by atoms with Crippen molar-refractivity contribution in [3.8, 4) is 0 Å². The molecule has 4 heteroatoms. The zero-order chi connectivity index (χ0) is 20.6. The van der Waals surface area contributed by atoms with Gasteiger partial charge in [0.15, 0.2) is 0 Å². The highest BCUT2D eigenvalue weighted by atomic mass is 16.6. The van der Waals surface area contributed by atoms with Gasteiger partial charge in [0.05, 0.1) is 0 Å². The first-order valence-electron chi connectivity index (χ1n) is 10.4. The Labute approximate surface area is 173 Å². The fraction of sp³-hybridized carbons (Fsp3) is 0.400. The maximum absolute atomic E-state index is 12.9. The number of hydrogen-bond donors (Lipinski definition) is 1. The number of likely N-dealkylation sites (tertiary alicyclic amines) is 1. The van der Waals surface area contributed by atoms with E-state index in [1.54, 1.807) is 0 Å². The van der Waals surface area contributed by atoms with Crippen LogP contribution in [0.2, 0.25) is 0 Å². The number of fused-ring (bicyclic) bond motifs is 3. The molecule has 2 aliphatic rings. The summed E-state index contributed by atoms with van der Waals surface area (Å²) in [4.78, 5) is 14.7. The van der Waals surface area contributed by atoms with Crippen LogP contribution in [0.5, 0.6) is 0 Å². The third-order valence-electron chi connectivity index (χ3n) is 5.89. The monoisotopic (exact) mass is 390 g/mol. The van der Waals surface area contributed by atoms with Crippen molar-refractivity contribution < 1.29 is 9.53 Å². The minimum absolute atomic E-state index is 0.0857. The van der Waals surface area contributed by atoms with E-state index in [2.05, 4.69) is 66.9 Å². The van der Waals surface area contributed by atoms with Crippen molar-refractivity contribution in [2.45, 2.75) is 57.7 Å². The number of nitrogens with one attached hydrogen (secondary N) is 1. The number of anilines is 1. The standard InChI is InChI=1S/C25H30N2O2/c1-18-11-13-19(14-12-18)8-7-15-25-16-17-27(23(28)29-24(2,3)4)22(25)26-21-10-6-5-9-20(21)25/h5-14,22,26H,15-17H2,1-4H3/b8-7+/t22-,25-/m0/s1. The molecule has 4 rings (SSSR count). The second kappa shape index (κ2) is 7.25. The topological polar surface area (TPSA) is 41.6 Å². The number of benzene rings is 2. The number of nitrogens with zero attached hydrogens (tertiary/aromatic N) is 1. The normalized spacial score (nSPS) is 23.0. The van der Waals surface area contributed by atoms with Crippen LogP contribution >= 0.6 is 0 Å². The number of carbonyl (C=O) groups excluding carboxylic acids is 1. The second-order valence-corrected chi connectivity index (χ2v) is 9.19. The van der Waals surface area contributed by atoms with Crippen LogP contribution < -0.4 is 5.32 Å². The van der Waals surface area contributed by atoms with Gasteiger partial charge in [0.1, 0.15) is 11.8 Å². The van der Waals surface area contributed by atoms with Crippen molar-refractivity contribution in [1.29, 1.82) is 0 Å². The molecule has 0 aromatic heterocycles.